The number of imidazole rings is 1. The molecule has 0 spiro atoms. The maximum absolute atomic E-state index is 5.18. The highest BCUT2D eigenvalue weighted by molar-refractivity contribution is 5.89. The Morgan fingerprint density at radius 1 is 1.10 bits per heavy atom. The van der Waals surface area contributed by atoms with Crippen molar-refractivity contribution in [2.75, 3.05) is 45.2 Å². The van der Waals surface area contributed by atoms with Crippen LogP contribution in [0.1, 0.15) is 49.8 Å². The van der Waals surface area contributed by atoms with Gasteiger partial charge in [0.1, 0.15) is 11.3 Å². The van der Waals surface area contributed by atoms with Crippen molar-refractivity contribution in [2.24, 2.45) is 0 Å². The number of para-hydroxylation sites is 1. The van der Waals surface area contributed by atoms with Crippen LogP contribution in [0.3, 0.4) is 0 Å². The van der Waals surface area contributed by atoms with E-state index in [1.807, 2.05) is 6.20 Å². The molecule has 1 aromatic carbocycles. The van der Waals surface area contributed by atoms with Crippen LogP contribution >= 0.6 is 0 Å². The molecule has 0 amide bonds. The van der Waals surface area contributed by atoms with Gasteiger partial charge < -0.3 is 14.8 Å². The standard InChI is InChI=1S/C25H34N6/c1-25(2,30(4)20-11-5-8-18-9-7-13-26-22(18)20)24-27-19-10-6-12-21(23(19)28-24)31-16-14-29(3)15-17-31/h6-7,9-10,12-13,20H,5,8,11,14-17H2,1-4H3,(H,27,28). The van der Waals surface area contributed by atoms with Gasteiger partial charge in [0.2, 0.25) is 0 Å². The van der Waals surface area contributed by atoms with Crippen LogP contribution in [0.2, 0.25) is 0 Å². The number of benzene rings is 1. The summed E-state index contributed by atoms with van der Waals surface area (Å²) < 4.78 is 0. The monoisotopic (exact) mass is 418 g/mol. The van der Waals surface area contributed by atoms with Crippen molar-refractivity contribution in [3.8, 4) is 0 Å². The van der Waals surface area contributed by atoms with Crippen LogP contribution in [0.4, 0.5) is 5.69 Å². The van der Waals surface area contributed by atoms with Gasteiger partial charge in [0, 0.05) is 32.4 Å². The molecule has 3 aromatic rings. The van der Waals surface area contributed by atoms with Gasteiger partial charge in [0.15, 0.2) is 0 Å². The van der Waals surface area contributed by atoms with Gasteiger partial charge in [-0.15, -0.1) is 0 Å². The predicted octanol–water partition coefficient (Wildman–Crippen LogP) is 3.95. The van der Waals surface area contributed by atoms with Crippen LogP contribution in [0, 0.1) is 0 Å². The molecule has 1 aliphatic carbocycles. The molecule has 1 unspecified atom stereocenters. The molecule has 31 heavy (non-hydrogen) atoms. The number of H-pyrrole nitrogens is 1. The Kier molecular flexibility index (Phi) is 5.22. The summed E-state index contributed by atoms with van der Waals surface area (Å²) in [4.78, 5) is 20.9. The van der Waals surface area contributed by atoms with Crippen LogP contribution in [0.15, 0.2) is 36.5 Å². The van der Waals surface area contributed by atoms with Gasteiger partial charge >= 0.3 is 0 Å². The van der Waals surface area contributed by atoms with E-state index < -0.39 is 0 Å². The van der Waals surface area contributed by atoms with E-state index in [9.17, 15) is 0 Å². The molecule has 0 saturated carbocycles. The van der Waals surface area contributed by atoms with Gasteiger partial charge in [-0.05, 0) is 71.0 Å². The number of anilines is 1. The lowest BCUT2D eigenvalue weighted by Crippen LogP contribution is -2.44. The smallest absolute Gasteiger partial charge is 0.127 e. The summed E-state index contributed by atoms with van der Waals surface area (Å²) >= 11 is 0. The van der Waals surface area contributed by atoms with Crippen LogP contribution in [-0.2, 0) is 12.0 Å². The van der Waals surface area contributed by atoms with Crippen molar-refractivity contribution in [2.45, 2.75) is 44.7 Å². The second-order valence-corrected chi connectivity index (χ2v) is 9.67. The van der Waals surface area contributed by atoms with Crippen molar-refractivity contribution >= 4 is 16.7 Å². The Hall–Kier alpha value is -2.44. The van der Waals surface area contributed by atoms with Gasteiger partial charge in [-0.1, -0.05) is 12.1 Å². The summed E-state index contributed by atoms with van der Waals surface area (Å²) in [6.45, 7) is 8.83. The first-order chi connectivity index (χ1) is 14.9. The Bertz CT molecular complexity index is 1060. The molecule has 3 heterocycles. The van der Waals surface area contributed by atoms with Crippen LogP contribution in [0.5, 0.6) is 0 Å². The lowest BCUT2D eigenvalue weighted by molar-refractivity contribution is 0.0797. The number of rotatable bonds is 4. The van der Waals surface area contributed by atoms with E-state index >= 15 is 0 Å². The molecule has 1 saturated heterocycles. The molecular formula is C25H34N6. The summed E-state index contributed by atoms with van der Waals surface area (Å²) in [5, 5.41) is 0. The zero-order valence-electron chi connectivity index (χ0n) is 19.2. The fourth-order valence-corrected chi connectivity index (χ4v) is 5.13. The second kappa shape index (κ2) is 7.92. The third-order valence-electron chi connectivity index (χ3n) is 7.43. The van der Waals surface area contributed by atoms with Crippen LogP contribution < -0.4 is 4.90 Å². The summed E-state index contributed by atoms with van der Waals surface area (Å²) in [6, 6.07) is 11.1. The summed E-state index contributed by atoms with van der Waals surface area (Å²) in [5.74, 6) is 1.02. The second-order valence-electron chi connectivity index (χ2n) is 9.67. The van der Waals surface area contributed by atoms with E-state index in [2.05, 4.69) is 78.0 Å². The van der Waals surface area contributed by atoms with Crippen LogP contribution in [0.25, 0.3) is 11.0 Å². The normalized spacial score (nSPS) is 20.4. The highest BCUT2D eigenvalue weighted by Crippen LogP contribution is 2.39. The van der Waals surface area contributed by atoms with E-state index in [1.54, 1.807) is 0 Å². The number of aryl methyl sites for hydroxylation is 1. The molecule has 164 valence electrons. The molecule has 0 bridgehead atoms. The fraction of sp³-hybridized carbons (Fsp3) is 0.520. The zero-order valence-corrected chi connectivity index (χ0v) is 19.2. The molecule has 1 fully saturated rings. The average Bonchev–Trinajstić information content (AvgIpc) is 3.24. The van der Waals surface area contributed by atoms with E-state index in [0.717, 1.165) is 55.9 Å². The largest absolute Gasteiger partial charge is 0.367 e. The first kappa shape index (κ1) is 20.5. The highest BCUT2D eigenvalue weighted by Gasteiger charge is 2.37. The highest BCUT2D eigenvalue weighted by atomic mass is 15.3. The van der Waals surface area contributed by atoms with Gasteiger partial charge in [-0.2, -0.15) is 0 Å². The van der Waals surface area contributed by atoms with Gasteiger partial charge in [-0.3, -0.25) is 9.88 Å². The molecule has 2 aromatic heterocycles. The Morgan fingerprint density at radius 3 is 2.71 bits per heavy atom. The SMILES string of the molecule is CN1CCN(c2cccc3[nH]c(C(C)(C)N(C)C4CCCc5cccnc54)nc23)CC1. The molecule has 5 rings (SSSR count). The maximum Gasteiger partial charge on any atom is 0.127 e. The average molecular weight is 419 g/mol. The number of hydrogen-bond acceptors (Lipinski definition) is 5. The number of pyridine rings is 1. The minimum Gasteiger partial charge on any atom is -0.367 e. The number of fused-ring (bicyclic) bond motifs is 2. The number of aromatic nitrogens is 3. The molecule has 1 N–H and O–H groups in total. The molecule has 2 aliphatic rings. The molecule has 6 heteroatoms. The zero-order chi connectivity index (χ0) is 21.6. The molecule has 1 atom stereocenters. The molecule has 1 aliphatic heterocycles. The lowest BCUT2D eigenvalue weighted by Gasteiger charge is -2.41. The topological polar surface area (TPSA) is 51.3 Å². The van der Waals surface area contributed by atoms with Crippen molar-refractivity contribution in [1.29, 1.82) is 0 Å². The number of likely N-dealkylation sites (N-methyl/N-ethyl adjacent to an activating group) is 1. The maximum atomic E-state index is 5.18. The van der Waals surface area contributed by atoms with Gasteiger partial charge in [-0.25, -0.2) is 4.98 Å². The van der Waals surface area contributed by atoms with Crippen LogP contribution in [-0.4, -0.2) is 65.0 Å². The van der Waals surface area contributed by atoms with Crippen molar-refractivity contribution in [3.63, 3.8) is 0 Å². The lowest BCUT2D eigenvalue weighted by atomic mass is 9.88. The Morgan fingerprint density at radius 2 is 1.90 bits per heavy atom. The minimum absolute atomic E-state index is 0.241. The molecule has 6 nitrogen and oxygen atoms in total. The van der Waals surface area contributed by atoms with Crippen molar-refractivity contribution in [1.82, 2.24) is 24.8 Å². The predicted molar refractivity (Wildman–Crippen MR) is 127 cm³/mol. The fourth-order valence-electron chi connectivity index (χ4n) is 5.13. The molecule has 0 radical (unpaired) electrons. The van der Waals surface area contributed by atoms with Crippen molar-refractivity contribution < 1.29 is 0 Å². The number of aromatic amines is 1. The van der Waals surface area contributed by atoms with Gasteiger partial charge in [0.05, 0.1) is 28.5 Å². The third kappa shape index (κ3) is 3.62. The molecular weight excluding hydrogens is 384 g/mol. The van der Waals surface area contributed by atoms with Gasteiger partial charge in [0.25, 0.3) is 0 Å². The van der Waals surface area contributed by atoms with E-state index in [4.69, 9.17) is 9.97 Å². The van der Waals surface area contributed by atoms with Crippen molar-refractivity contribution in [3.05, 3.63) is 53.6 Å². The Labute approximate surface area is 185 Å². The summed E-state index contributed by atoms with van der Waals surface area (Å²) in [7, 11) is 4.42. The summed E-state index contributed by atoms with van der Waals surface area (Å²) in [5.41, 5.74) is 5.84. The van der Waals surface area contributed by atoms with E-state index in [0.29, 0.717) is 6.04 Å². The first-order valence-electron chi connectivity index (χ1n) is 11.5. The number of hydrogen-bond donors (Lipinski definition) is 1. The quantitative estimate of drug-likeness (QED) is 0.695. The Balaban J connectivity index is 1.48. The number of nitrogens with one attached hydrogen (secondary N) is 1. The first-order valence-corrected chi connectivity index (χ1v) is 11.5. The number of piperazine rings is 1. The van der Waals surface area contributed by atoms with E-state index in [-0.39, 0.29) is 5.54 Å². The number of nitrogens with zero attached hydrogens (tertiary/aromatic N) is 5. The summed E-state index contributed by atoms with van der Waals surface area (Å²) in [6.07, 6.45) is 5.41. The van der Waals surface area contributed by atoms with E-state index in [1.165, 1.54) is 23.4 Å². The third-order valence-corrected chi connectivity index (χ3v) is 7.43. The minimum atomic E-state index is -0.241.